The van der Waals surface area contributed by atoms with E-state index in [1.54, 1.807) is 53.6 Å². The van der Waals surface area contributed by atoms with Gasteiger partial charge < -0.3 is 15.0 Å². The van der Waals surface area contributed by atoms with Gasteiger partial charge in [-0.15, -0.1) is 0 Å². The number of anilines is 2. The van der Waals surface area contributed by atoms with Crippen LogP contribution in [0.1, 0.15) is 11.1 Å². The van der Waals surface area contributed by atoms with Crippen LogP contribution in [0.2, 0.25) is 0 Å². The molecule has 0 spiro atoms. The second-order valence-electron chi connectivity index (χ2n) is 5.08. The van der Waals surface area contributed by atoms with Gasteiger partial charge in [-0.05, 0) is 29.8 Å². The van der Waals surface area contributed by atoms with Gasteiger partial charge in [-0.2, -0.15) is 5.26 Å². The molecule has 0 saturated carbocycles. The zero-order valence-electron chi connectivity index (χ0n) is 12.5. The van der Waals surface area contributed by atoms with Crippen molar-refractivity contribution in [1.29, 1.82) is 5.26 Å². The second kappa shape index (κ2) is 6.62. The van der Waals surface area contributed by atoms with Crippen LogP contribution in [0.15, 0.2) is 55.1 Å². The van der Waals surface area contributed by atoms with Gasteiger partial charge in [-0.25, -0.2) is 4.98 Å². The van der Waals surface area contributed by atoms with Gasteiger partial charge in [-0.3, -0.25) is 9.78 Å². The number of aliphatic carboxylic acids is 1. The van der Waals surface area contributed by atoms with Crippen LogP contribution in [0.25, 0.3) is 5.82 Å². The molecule has 0 amide bonds. The lowest BCUT2D eigenvalue weighted by atomic mass is 10.2. The molecule has 3 rings (SSSR count). The number of hydrogen-bond acceptors (Lipinski definition) is 5. The molecule has 0 atom stereocenters. The van der Waals surface area contributed by atoms with Crippen molar-refractivity contribution in [3.8, 4) is 11.9 Å². The molecule has 0 aliphatic heterocycles. The lowest BCUT2D eigenvalue weighted by molar-refractivity contribution is -0.136. The first-order valence-corrected chi connectivity index (χ1v) is 7.12. The van der Waals surface area contributed by atoms with E-state index >= 15 is 0 Å². The smallest absolute Gasteiger partial charge is 0.307 e. The third-order valence-electron chi connectivity index (χ3n) is 3.26. The Morgan fingerprint density at radius 3 is 3.00 bits per heavy atom. The Kier molecular flexibility index (Phi) is 4.21. The van der Waals surface area contributed by atoms with Gasteiger partial charge in [0.15, 0.2) is 11.6 Å². The molecule has 0 saturated heterocycles. The number of nitriles is 1. The summed E-state index contributed by atoms with van der Waals surface area (Å²) in [6, 6.07) is 10.9. The van der Waals surface area contributed by atoms with E-state index in [0.717, 1.165) is 5.69 Å². The number of aromatic nitrogens is 3. The Balaban J connectivity index is 1.82. The van der Waals surface area contributed by atoms with Crippen molar-refractivity contribution >= 4 is 17.5 Å². The summed E-state index contributed by atoms with van der Waals surface area (Å²) in [5.74, 6) is 0.204. The summed E-state index contributed by atoms with van der Waals surface area (Å²) in [5.41, 5.74) is 1.97. The van der Waals surface area contributed by atoms with Crippen LogP contribution in [0.3, 0.4) is 0 Å². The van der Waals surface area contributed by atoms with Crippen LogP contribution in [0, 0.1) is 11.3 Å². The van der Waals surface area contributed by atoms with Crippen molar-refractivity contribution in [3.05, 3.63) is 66.2 Å². The van der Waals surface area contributed by atoms with E-state index in [4.69, 9.17) is 10.4 Å². The maximum absolute atomic E-state index is 10.8. The number of benzene rings is 1. The van der Waals surface area contributed by atoms with Crippen molar-refractivity contribution in [3.63, 3.8) is 0 Å². The standard InChI is InChI=1S/C17H13N5O2/c18-8-12-2-1-3-14(6-12)20-15-9-19-10-16(21-15)22-5-4-13(11-22)7-17(23)24/h1-6,9-11H,7H2,(H,20,21)(H,23,24). The van der Waals surface area contributed by atoms with Crippen LogP contribution in [0.4, 0.5) is 11.5 Å². The highest BCUT2D eigenvalue weighted by molar-refractivity contribution is 5.70. The minimum absolute atomic E-state index is 0.0423. The van der Waals surface area contributed by atoms with Gasteiger partial charge in [0, 0.05) is 18.1 Å². The minimum Gasteiger partial charge on any atom is -0.481 e. The zero-order valence-corrected chi connectivity index (χ0v) is 12.5. The summed E-state index contributed by atoms with van der Waals surface area (Å²) in [6.45, 7) is 0. The molecule has 0 fully saturated rings. The Morgan fingerprint density at radius 1 is 1.33 bits per heavy atom. The number of carboxylic acids is 1. The fraction of sp³-hybridized carbons (Fsp3) is 0.0588. The first-order chi connectivity index (χ1) is 11.6. The molecule has 0 bridgehead atoms. The summed E-state index contributed by atoms with van der Waals surface area (Å²) in [7, 11) is 0. The summed E-state index contributed by atoms with van der Waals surface area (Å²) in [6.07, 6.45) is 6.56. The molecular weight excluding hydrogens is 306 g/mol. The monoisotopic (exact) mass is 319 g/mol. The van der Waals surface area contributed by atoms with E-state index in [9.17, 15) is 4.79 Å². The number of nitrogens with zero attached hydrogens (tertiary/aromatic N) is 4. The SMILES string of the molecule is N#Cc1cccc(Nc2cncc(-n3ccc(CC(=O)O)c3)n2)c1. The lowest BCUT2D eigenvalue weighted by Gasteiger charge is -2.07. The Bertz CT molecular complexity index is 926. The van der Waals surface area contributed by atoms with Crippen LogP contribution < -0.4 is 5.32 Å². The molecule has 2 heterocycles. The van der Waals surface area contributed by atoms with Gasteiger partial charge in [0.1, 0.15) is 0 Å². The van der Waals surface area contributed by atoms with Crippen molar-refractivity contribution in [1.82, 2.24) is 14.5 Å². The quantitative estimate of drug-likeness (QED) is 0.749. The average molecular weight is 319 g/mol. The number of rotatable bonds is 5. The van der Waals surface area contributed by atoms with E-state index < -0.39 is 5.97 Å². The van der Waals surface area contributed by atoms with Crippen molar-refractivity contribution in [2.75, 3.05) is 5.32 Å². The molecule has 7 heteroatoms. The average Bonchev–Trinajstić information content (AvgIpc) is 3.03. The largest absolute Gasteiger partial charge is 0.481 e. The van der Waals surface area contributed by atoms with Crippen molar-refractivity contribution < 1.29 is 9.90 Å². The van der Waals surface area contributed by atoms with Gasteiger partial charge >= 0.3 is 5.97 Å². The molecule has 2 N–H and O–H groups in total. The van der Waals surface area contributed by atoms with Crippen LogP contribution in [0.5, 0.6) is 0 Å². The van der Waals surface area contributed by atoms with Crippen molar-refractivity contribution in [2.24, 2.45) is 0 Å². The topological polar surface area (TPSA) is 104 Å². The zero-order chi connectivity index (χ0) is 16.9. The number of carboxylic acid groups (broad SMARTS) is 1. The normalized spacial score (nSPS) is 10.1. The van der Waals surface area contributed by atoms with Crippen LogP contribution in [-0.2, 0) is 11.2 Å². The van der Waals surface area contributed by atoms with Gasteiger partial charge in [-0.1, -0.05) is 6.07 Å². The molecule has 0 aliphatic rings. The minimum atomic E-state index is -0.883. The van der Waals surface area contributed by atoms with E-state index in [0.29, 0.717) is 22.8 Å². The molecule has 118 valence electrons. The van der Waals surface area contributed by atoms with Crippen LogP contribution in [-0.4, -0.2) is 25.6 Å². The molecule has 0 aliphatic carbocycles. The van der Waals surface area contributed by atoms with E-state index in [1.165, 1.54) is 0 Å². The molecule has 7 nitrogen and oxygen atoms in total. The lowest BCUT2D eigenvalue weighted by Crippen LogP contribution is -2.01. The fourth-order valence-electron chi connectivity index (χ4n) is 2.22. The highest BCUT2D eigenvalue weighted by Crippen LogP contribution is 2.17. The third kappa shape index (κ3) is 3.56. The predicted molar refractivity (Wildman–Crippen MR) is 87.1 cm³/mol. The van der Waals surface area contributed by atoms with Crippen LogP contribution >= 0.6 is 0 Å². The number of hydrogen-bond donors (Lipinski definition) is 2. The van der Waals surface area contributed by atoms with Gasteiger partial charge in [0.05, 0.1) is 30.4 Å². The van der Waals surface area contributed by atoms with Crippen molar-refractivity contribution in [2.45, 2.75) is 6.42 Å². The molecule has 24 heavy (non-hydrogen) atoms. The fourth-order valence-corrected chi connectivity index (χ4v) is 2.22. The molecular formula is C17H13N5O2. The first-order valence-electron chi connectivity index (χ1n) is 7.12. The molecule has 2 aromatic heterocycles. The third-order valence-corrected chi connectivity index (χ3v) is 3.26. The van der Waals surface area contributed by atoms with E-state index in [2.05, 4.69) is 21.4 Å². The van der Waals surface area contributed by atoms with Gasteiger partial charge in [0.25, 0.3) is 0 Å². The highest BCUT2D eigenvalue weighted by Gasteiger charge is 2.06. The van der Waals surface area contributed by atoms with E-state index in [1.807, 2.05) is 6.07 Å². The number of carbonyl (C=O) groups is 1. The highest BCUT2D eigenvalue weighted by atomic mass is 16.4. The van der Waals surface area contributed by atoms with E-state index in [-0.39, 0.29) is 6.42 Å². The first kappa shape index (κ1) is 15.2. The summed E-state index contributed by atoms with van der Waals surface area (Å²) in [5, 5.41) is 20.9. The molecule has 0 radical (unpaired) electrons. The predicted octanol–water partition coefficient (Wildman–Crippen LogP) is 2.51. The molecule has 3 aromatic rings. The Morgan fingerprint density at radius 2 is 2.21 bits per heavy atom. The molecule has 0 unspecified atom stereocenters. The molecule has 1 aromatic carbocycles. The summed E-state index contributed by atoms with van der Waals surface area (Å²) >= 11 is 0. The maximum Gasteiger partial charge on any atom is 0.307 e. The second-order valence-corrected chi connectivity index (χ2v) is 5.08. The Hall–Kier alpha value is -3.66. The summed E-state index contributed by atoms with van der Waals surface area (Å²) < 4.78 is 1.71. The summed E-state index contributed by atoms with van der Waals surface area (Å²) in [4.78, 5) is 19.3. The van der Waals surface area contributed by atoms with Gasteiger partial charge in [0.2, 0.25) is 0 Å². The maximum atomic E-state index is 10.8. The Labute approximate surface area is 137 Å². The number of nitrogens with one attached hydrogen (secondary N) is 1.